The third-order valence-electron chi connectivity index (χ3n) is 5.13. The van der Waals surface area contributed by atoms with Crippen molar-refractivity contribution in [2.45, 2.75) is 25.1 Å². The molecule has 0 spiro atoms. The first-order valence-electron chi connectivity index (χ1n) is 8.76. The standard InChI is InChI=1S/C16H25N5O3/c22-16-21(3-1-2-19-4-6-23-7-5-19)14-10-20(11-15(14)24-16)9-13-8-17-12-18-13/h8,12,14-15H,1-7,9-11H2,(H,17,18)/t14-,15+/m0/s1. The number of ether oxygens (including phenoxy) is 2. The van der Waals surface area contributed by atoms with E-state index in [1.165, 1.54) is 0 Å². The minimum atomic E-state index is -0.145. The lowest BCUT2D eigenvalue weighted by molar-refractivity contribution is 0.0362. The molecule has 0 bridgehead atoms. The predicted molar refractivity (Wildman–Crippen MR) is 86.5 cm³/mol. The summed E-state index contributed by atoms with van der Waals surface area (Å²) in [6, 6.07) is 0.185. The molecule has 3 saturated heterocycles. The molecule has 1 aromatic heterocycles. The van der Waals surface area contributed by atoms with Crippen molar-refractivity contribution in [2.24, 2.45) is 0 Å². The lowest BCUT2D eigenvalue weighted by Gasteiger charge is -2.28. The number of imidazole rings is 1. The van der Waals surface area contributed by atoms with Gasteiger partial charge >= 0.3 is 6.09 Å². The van der Waals surface area contributed by atoms with Crippen LogP contribution in [-0.4, -0.2) is 95.4 Å². The largest absolute Gasteiger partial charge is 0.442 e. The monoisotopic (exact) mass is 335 g/mol. The number of aromatic nitrogens is 2. The fourth-order valence-electron chi connectivity index (χ4n) is 3.87. The van der Waals surface area contributed by atoms with Gasteiger partial charge in [-0.25, -0.2) is 9.78 Å². The van der Waals surface area contributed by atoms with Crippen molar-refractivity contribution in [1.29, 1.82) is 0 Å². The number of nitrogens with one attached hydrogen (secondary N) is 1. The Labute approximate surface area is 141 Å². The number of aromatic amines is 1. The minimum absolute atomic E-state index is 0.00353. The zero-order valence-corrected chi connectivity index (χ0v) is 13.9. The van der Waals surface area contributed by atoms with Crippen LogP contribution in [0.4, 0.5) is 4.79 Å². The molecule has 0 saturated carbocycles. The van der Waals surface area contributed by atoms with Crippen LogP contribution in [-0.2, 0) is 16.0 Å². The van der Waals surface area contributed by atoms with Crippen LogP contribution in [0, 0.1) is 0 Å². The molecule has 4 rings (SSSR count). The van der Waals surface area contributed by atoms with Gasteiger partial charge < -0.3 is 19.4 Å². The summed E-state index contributed by atoms with van der Waals surface area (Å²) in [5.41, 5.74) is 1.10. The molecule has 132 valence electrons. The fraction of sp³-hybridized carbons (Fsp3) is 0.750. The Balaban J connectivity index is 1.27. The lowest BCUT2D eigenvalue weighted by Crippen LogP contribution is -2.41. The Morgan fingerprint density at radius 3 is 2.88 bits per heavy atom. The Bertz CT molecular complexity index is 546. The number of rotatable bonds is 6. The highest BCUT2D eigenvalue weighted by molar-refractivity contribution is 5.71. The summed E-state index contributed by atoms with van der Waals surface area (Å²) in [7, 11) is 0. The van der Waals surface area contributed by atoms with Crippen molar-refractivity contribution < 1.29 is 14.3 Å². The van der Waals surface area contributed by atoms with Gasteiger partial charge in [-0.3, -0.25) is 9.80 Å². The van der Waals surface area contributed by atoms with Crippen molar-refractivity contribution in [3.05, 3.63) is 18.2 Å². The third-order valence-corrected chi connectivity index (χ3v) is 5.13. The lowest BCUT2D eigenvalue weighted by atomic mass is 10.2. The van der Waals surface area contributed by atoms with E-state index in [9.17, 15) is 4.79 Å². The van der Waals surface area contributed by atoms with Gasteiger partial charge in [-0.15, -0.1) is 0 Å². The molecular formula is C16H25N5O3. The van der Waals surface area contributed by atoms with Crippen LogP contribution in [0.15, 0.2) is 12.5 Å². The maximum absolute atomic E-state index is 12.1. The number of fused-ring (bicyclic) bond motifs is 1. The van der Waals surface area contributed by atoms with E-state index in [0.717, 1.165) is 71.1 Å². The number of likely N-dealkylation sites (tertiary alicyclic amines) is 1. The van der Waals surface area contributed by atoms with E-state index in [-0.39, 0.29) is 18.2 Å². The first-order valence-corrected chi connectivity index (χ1v) is 8.76. The molecule has 3 fully saturated rings. The van der Waals surface area contributed by atoms with Gasteiger partial charge in [0.1, 0.15) is 6.10 Å². The summed E-state index contributed by atoms with van der Waals surface area (Å²) in [4.78, 5) is 26.0. The molecule has 0 unspecified atom stereocenters. The van der Waals surface area contributed by atoms with E-state index >= 15 is 0 Å². The highest BCUT2D eigenvalue weighted by atomic mass is 16.6. The van der Waals surface area contributed by atoms with E-state index in [4.69, 9.17) is 9.47 Å². The van der Waals surface area contributed by atoms with Gasteiger partial charge in [0.25, 0.3) is 0 Å². The third kappa shape index (κ3) is 3.40. The van der Waals surface area contributed by atoms with Crippen molar-refractivity contribution in [1.82, 2.24) is 24.7 Å². The quantitative estimate of drug-likeness (QED) is 0.797. The molecule has 8 heteroatoms. The summed E-state index contributed by atoms with van der Waals surface area (Å²) < 4.78 is 10.9. The van der Waals surface area contributed by atoms with Gasteiger partial charge in [-0.05, 0) is 6.42 Å². The van der Waals surface area contributed by atoms with Gasteiger partial charge in [0, 0.05) is 57.7 Å². The van der Waals surface area contributed by atoms with E-state index in [1.54, 1.807) is 6.33 Å². The fourth-order valence-corrected chi connectivity index (χ4v) is 3.87. The van der Waals surface area contributed by atoms with Gasteiger partial charge in [0.2, 0.25) is 0 Å². The zero-order chi connectivity index (χ0) is 16.4. The number of H-pyrrole nitrogens is 1. The van der Waals surface area contributed by atoms with Gasteiger partial charge in [0.15, 0.2) is 0 Å². The number of hydrogen-bond donors (Lipinski definition) is 1. The highest BCUT2D eigenvalue weighted by Gasteiger charge is 2.47. The summed E-state index contributed by atoms with van der Waals surface area (Å²) >= 11 is 0. The number of carbonyl (C=O) groups excluding carboxylic acids is 1. The second kappa shape index (κ2) is 7.08. The SMILES string of the molecule is O=C1O[C@@H]2CN(Cc3cnc[nH]3)C[C@@H]2N1CCCN1CCOCC1. The van der Waals surface area contributed by atoms with Crippen LogP contribution < -0.4 is 0 Å². The Morgan fingerprint density at radius 1 is 1.21 bits per heavy atom. The second-order valence-electron chi connectivity index (χ2n) is 6.76. The average Bonchev–Trinajstić information content (AvgIpc) is 3.28. The van der Waals surface area contributed by atoms with Gasteiger partial charge in [-0.2, -0.15) is 0 Å². The smallest absolute Gasteiger partial charge is 0.410 e. The number of morpholine rings is 1. The molecule has 2 atom stereocenters. The van der Waals surface area contributed by atoms with Crippen molar-refractivity contribution >= 4 is 6.09 Å². The molecule has 1 amide bonds. The molecule has 4 heterocycles. The Hall–Kier alpha value is -1.64. The topological polar surface area (TPSA) is 73.9 Å². The summed E-state index contributed by atoms with van der Waals surface area (Å²) in [6.45, 7) is 7.91. The van der Waals surface area contributed by atoms with Crippen LogP contribution in [0.1, 0.15) is 12.1 Å². The molecule has 24 heavy (non-hydrogen) atoms. The molecule has 0 aliphatic carbocycles. The van der Waals surface area contributed by atoms with Gasteiger partial charge in [0.05, 0.1) is 25.6 Å². The first kappa shape index (κ1) is 15.9. The summed E-state index contributed by atoms with van der Waals surface area (Å²) in [6.07, 6.45) is 4.39. The highest BCUT2D eigenvalue weighted by Crippen LogP contribution is 2.27. The van der Waals surface area contributed by atoms with Crippen molar-refractivity contribution in [2.75, 3.05) is 52.5 Å². The molecule has 3 aliphatic heterocycles. The van der Waals surface area contributed by atoms with Crippen LogP contribution >= 0.6 is 0 Å². The van der Waals surface area contributed by atoms with E-state index in [1.807, 2.05) is 11.1 Å². The van der Waals surface area contributed by atoms with Crippen LogP contribution in [0.25, 0.3) is 0 Å². The molecule has 0 radical (unpaired) electrons. The van der Waals surface area contributed by atoms with Crippen molar-refractivity contribution in [3.63, 3.8) is 0 Å². The van der Waals surface area contributed by atoms with Crippen LogP contribution in [0.3, 0.4) is 0 Å². The maximum Gasteiger partial charge on any atom is 0.410 e. The average molecular weight is 335 g/mol. The van der Waals surface area contributed by atoms with E-state index < -0.39 is 0 Å². The molecule has 3 aliphatic rings. The first-order chi connectivity index (χ1) is 11.8. The number of hydrogen-bond acceptors (Lipinski definition) is 6. The van der Waals surface area contributed by atoms with E-state index in [2.05, 4.69) is 19.8 Å². The second-order valence-corrected chi connectivity index (χ2v) is 6.76. The Morgan fingerprint density at radius 2 is 2.08 bits per heavy atom. The molecule has 8 nitrogen and oxygen atoms in total. The molecule has 1 aromatic rings. The number of carbonyl (C=O) groups is 1. The van der Waals surface area contributed by atoms with Crippen LogP contribution in [0.2, 0.25) is 0 Å². The predicted octanol–water partition coefficient (Wildman–Crippen LogP) is 0.137. The minimum Gasteiger partial charge on any atom is -0.442 e. The molecule has 1 N–H and O–H groups in total. The summed E-state index contributed by atoms with van der Waals surface area (Å²) in [5.74, 6) is 0. The normalized spacial score (nSPS) is 28.3. The number of nitrogens with zero attached hydrogens (tertiary/aromatic N) is 4. The summed E-state index contributed by atoms with van der Waals surface area (Å²) in [5, 5.41) is 0. The number of amides is 1. The van der Waals surface area contributed by atoms with Crippen molar-refractivity contribution in [3.8, 4) is 0 Å². The maximum atomic E-state index is 12.1. The Kier molecular flexibility index (Phi) is 4.68. The molecular weight excluding hydrogens is 310 g/mol. The van der Waals surface area contributed by atoms with Gasteiger partial charge in [-0.1, -0.05) is 0 Å². The zero-order valence-electron chi connectivity index (χ0n) is 13.9. The van der Waals surface area contributed by atoms with E-state index in [0.29, 0.717) is 0 Å². The van der Waals surface area contributed by atoms with Crippen LogP contribution in [0.5, 0.6) is 0 Å². The molecule has 0 aromatic carbocycles.